The summed E-state index contributed by atoms with van der Waals surface area (Å²) in [6.07, 6.45) is 7.94. The molecule has 0 aliphatic heterocycles. The van der Waals surface area contributed by atoms with Gasteiger partial charge in [-0.05, 0) is 77.9 Å². The zero-order valence-corrected chi connectivity index (χ0v) is 10.9. The molecular formula is C16H24. The van der Waals surface area contributed by atoms with Gasteiger partial charge in [0.1, 0.15) is 0 Å². The molecule has 0 bridgehead atoms. The Hall–Kier alpha value is 0. The van der Waals surface area contributed by atoms with Crippen LogP contribution in [0, 0.1) is 45.8 Å². The minimum absolute atomic E-state index is 0.655. The summed E-state index contributed by atoms with van der Waals surface area (Å²) in [5, 5.41) is 0. The Morgan fingerprint density at radius 3 is 1.81 bits per heavy atom. The van der Waals surface area contributed by atoms with Gasteiger partial charge in [0, 0.05) is 0 Å². The van der Waals surface area contributed by atoms with E-state index in [1.165, 1.54) is 36.0 Å². The first-order valence-corrected chi connectivity index (χ1v) is 7.50. The minimum Gasteiger partial charge on any atom is -0.0593 e. The van der Waals surface area contributed by atoms with Crippen LogP contribution in [0.2, 0.25) is 0 Å². The Kier molecular flexibility index (Phi) is 1.15. The first-order valence-electron chi connectivity index (χ1n) is 7.50. The van der Waals surface area contributed by atoms with Crippen molar-refractivity contribution in [2.24, 2.45) is 45.8 Å². The Bertz CT molecular complexity index is 379. The molecular weight excluding hydrogens is 192 g/mol. The summed E-state index contributed by atoms with van der Waals surface area (Å²) < 4.78 is 0. The van der Waals surface area contributed by atoms with E-state index in [4.69, 9.17) is 0 Å². The van der Waals surface area contributed by atoms with E-state index < -0.39 is 0 Å². The van der Waals surface area contributed by atoms with Crippen molar-refractivity contribution in [3.05, 3.63) is 0 Å². The predicted molar refractivity (Wildman–Crippen MR) is 64.9 cm³/mol. The quantitative estimate of drug-likeness (QED) is 0.619. The van der Waals surface area contributed by atoms with Gasteiger partial charge in [0.05, 0.1) is 0 Å². The van der Waals surface area contributed by atoms with Crippen molar-refractivity contribution in [3.8, 4) is 0 Å². The molecule has 5 fully saturated rings. The van der Waals surface area contributed by atoms with Crippen molar-refractivity contribution in [2.75, 3.05) is 0 Å². The van der Waals surface area contributed by atoms with E-state index in [1.807, 2.05) is 0 Å². The van der Waals surface area contributed by atoms with Gasteiger partial charge in [0.2, 0.25) is 0 Å². The SMILES string of the molecule is CC1(C)CC2(C3C4CC4C4CC43)CCC12C. The second-order valence-electron chi connectivity index (χ2n) is 8.70. The van der Waals surface area contributed by atoms with Crippen LogP contribution in [0.1, 0.15) is 52.9 Å². The van der Waals surface area contributed by atoms with Crippen molar-refractivity contribution in [1.29, 1.82) is 0 Å². The molecule has 5 rings (SSSR count). The average Bonchev–Trinajstić information content (AvgIpc) is 3.08. The van der Waals surface area contributed by atoms with E-state index in [1.54, 1.807) is 25.7 Å². The lowest BCUT2D eigenvalue weighted by Gasteiger charge is -2.79. The smallest absolute Gasteiger partial charge is 0.0199 e. The zero-order valence-electron chi connectivity index (χ0n) is 10.9. The van der Waals surface area contributed by atoms with E-state index in [2.05, 4.69) is 20.8 Å². The van der Waals surface area contributed by atoms with Crippen LogP contribution in [0.15, 0.2) is 0 Å². The lowest BCUT2D eigenvalue weighted by atomic mass is 9.26. The van der Waals surface area contributed by atoms with Gasteiger partial charge >= 0.3 is 0 Å². The van der Waals surface area contributed by atoms with Crippen LogP contribution >= 0.6 is 0 Å². The molecule has 6 unspecified atom stereocenters. The van der Waals surface area contributed by atoms with E-state index in [-0.39, 0.29) is 0 Å². The molecule has 5 saturated carbocycles. The van der Waals surface area contributed by atoms with Crippen LogP contribution in [0.3, 0.4) is 0 Å². The van der Waals surface area contributed by atoms with E-state index >= 15 is 0 Å². The van der Waals surface area contributed by atoms with E-state index in [0.717, 1.165) is 10.8 Å². The Morgan fingerprint density at radius 2 is 1.44 bits per heavy atom. The summed E-state index contributed by atoms with van der Waals surface area (Å²) in [6.45, 7) is 7.70. The fourth-order valence-corrected chi connectivity index (χ4v) is 7.07. The van der Waals surface area contributed by atoms with Crippen LogP contribution < -0.4 is 0 Å². The summed E-state index contributed by atoms with van der Waals surface area (Å²) in [6, 6.07) is 0. The van der Waals surface area contributed by atoms with Crippen molar-refractivity contribution >= 4 is 0 Å². The lowest BCUT2D eigenvalue weighted by molar-refractivity contribution is -0.300. The predicted octanol–water partition coefficient (Wildman–Crippen LogP) is 4.10. The molecule has 5 aliphatic rings. The Labute approximate surface area is 99.2 Å². The largest absolute Gasteiger partial charge is 0.0593 e. The molecule has 0 aromatic rings. The molecule has 0 amide bonds. The van der Waals surface area contributed by atoms with Crippen molar-refractivity contribution in [1.82, 2.24) is 0 Å². The molecule has 0 heterocycles. The van der Waals surface area contributed by atoms with Crippen molar-refractivity contribution < 1.29 is 0 Å². The van der Waals surface area contributed by atoms with Gasteiger partial charge in [-0.1, -0.05) is 20.8 Å². The molecule has 0 radical (unpaired) electrons. The topological polar surface area (TPSA) is 0 Å². The maximum atomic E-state index is 2.63. The van der Waals surface area contributed by atoms with E-state index in [9.17, 15) is 0 Å². The molecule has 0 aromatic carbocycles. The van der Waals surface area contributed by atoms with Crippen LogP contribution in [0.25, 0.3) is 0 Å². The molecule has 0 aromatic heterocycles. The number of hydrogen-bond donors (Lipinski definition) is 0. The molecule has 5 aliphatic carbocycles. The normalized spacial score (nSPS) is 71.8. The highest BCUT2D eigenvalue weighted by atomic mass is 14.9. The third-order valence-corrected chi connectivity index (χ3v) is 8.31. The van der Waals surface area contributed by atoms with E-state index in [0.29, 0.717) is 5.41 Å². The lowest BCUT2D eigenvalue weighted by Crippen LogP contribution is -2.71. The number of rotatable bonds is 1. The second-order valence-corrected chi connectivity index (χ2v) is 8.70. The summed E-state index contributed by atoms with van der Waals surface area (Å²) in [7, 11) is 0. The number of fused-ring (bicyclic) bond motifs is 4. The maximum Gasteiger partial charge on any atom is -0.0199 e. The van der Waals surface area contributed by atoms with Crippen molar-refractivity contribution in [3.63, 3.8) is 0 Å². The maximum absolute atomic E-state index is 2.63. The third-order valence-electron chi connectivity index (χ3n) is 8.31. The van der Waals surface area contributed by atoms with Gasteiger partial charge in [-0.2, -0.15) is 0 Å². The average molecular weight is 216 g/mol. The highest BCUT2D eigenvalue weighted by Gasteiger charge is 2.81. The van der Waals surface area contributed by atoms with Gasteiger partial charge in [-0.3, -0.25) is 0 Å². The molecule has 0 N–H and O–H groups in total. The summed E-state index contributed by atoms with van der Waals surface area (Å²) >= 11 is 0. The zero-order chi connectivity index (χ0) is 10.9. The summed E-state index contributed by atoms with van der Waals surface area (Å²) in [5.74, 6) is 6.05. The molecule has 0 nitrogen and oxygen atoms in total. The molecule has 0 saturated heterocycles. The first kappa shape index (κ1) is 9.00. The second kappa shape index (κ2) is 2.04. The molecule has 0 spiro atoms. The summed E-state index contributed by atoms with van der Waals surface area (Å²) in [5.41, 5.74) is 2.23. The molecule has 88 valence electrons. The monoisotopic (exact) mass is 216 g/mol. The fraction of sp³-hybridized carbons (Fsp3) is 1.00. The van der Waals surface area contributed by atoms with Crippen LogP contribution in [0.4, 0.5) is 0 Å². The Morgan fingerprint density at radius 1 is 0.812 bits per heavy atom. The summed E-state index contributed by atoms with van der Waals surface area (Å²) in [4.78, 5) is 0. The highest BCUT2D eigenvalue weighted by Crippen LogP contribution is 2.88. The third kappa shape index (κ3) is 0.636. The Balaban J connectivity index is 1.56. The van der Waals surface area contributed by atoms with Gasteiger partial charge in [0.15, 0.2) is 0 Å². The van der Waals surface area contributed by atoms with Crippen LogP contribution in [-0.4, -0.2) is 0 Å². The standard InChI is InChI=1S/C16H24/c1-14(2)8-16(5-4-15(14,16)3)13-11-6-9(11)10-7-12(10)13/h9-13H,4-8H2,1-3H3. The molecule has 0 heteroatoms. The fourth-order valence-electron chi connectivity index (χ4n) is 7.07. The van der Waals surface area contributed by atoms with Gasteiger partial charge in [0.25, 0.3) is 0 Å². The minimum atomic E-state index is 0.655. The van der Waals surface area contributed by atoms with Crippen LogP contribution in [-0.2, 0) is 0 Å². The number of hydrogen-bond acceptors (Lipinski definition) is 0. The van der Waals surface area contributed by atoms with Crippen LogP contribution in [0.5, 0.6) is 0 Å². The van der Waals surface area contributed by atoms with Crippen molar-refractivity contribution in [2.45, 2.75) is 52.9 Å². The van der Waals surface area contributed by atoms with Gasteiger partial charge in [-0.25, -0.2) is 0 Å². The molecule has 16 heavy (non-hydrogen) atoms. The highest BCUT2D eigenvalue weighted by molar-refractivity contribution is 5.29. The molecule has 6 atom stereocenters. The first-order chi connectivity index (χ1) is 7.50. The van der Waals surface area contributed by atoms with Gasteiger partial charge in [-0.15, -0.1) is 0 Å². The van der Waals surface area contributed by atoms with Gasteiger partial charge < -0.3 is 0 Å².